The molecular weight excluding hydrogens is 214 g/mol. The van der Waals surface area contributed by atoms with Crippen molar-refractivity contribution in [1.82, 2.24) is 4.72 Å². The molecular formula is C10H23NO3S. The van der Waals surface area contributed by atoms with Crippen LogP contribution in [0.1, 0.15) is 40.0 Å². The number of sulfonamides is 1. The number of hydrogen-bond acceptors (Lipinski definition) is 3. The molecule has 0 aromatic rings. The normalized spacial score (nSPS) is 14.5. The molecule has 0 radical (unpaired) electrons. The molecule has 1 unspecified atom stereocenters. The Morgan fingerprint density at radius 3 is 2.33 bits per heavy atom. The standard InChI is InChI=1S/C10H23NO3S/c1-4-10(12)5-7-11-15(13,14)8-6-9(2)3/h9-12H,4-8H2,1-3H3. The Kier molecular flexibility index (Phi) is 7.13. The number of rotatable bonds is 8. The average molecular weight is 237 g/mol. The van der Waals surface area contributed by atoms with Gasteiger partial charge in [-0.05, 0) is 25.2 Å². The van der Waals surface area contributed by atoms with Gasteiger partial charge in [0.1, 0.15) is 0 Å². The van der Waals surface area contributed by atoms with Gasteiger partial charge in [-0.25, -0.2) is 13.1 Å². The van der Waals surface area contributed by atoms with Gasteiger partial charge in [0.2, 0.25) is 10.0 Å². The molecule has 0 aromatic heterocycles. The molecule has 0 aliphatic carbocycles. The van der Waals surface area contributed by atoms with Gasteiger partial charge in [0.05, 0.1) is 11.9 Å². The summed E-state index contributed by atoms with van der Waals surface area (Å²) in [5, 5.41) is 9.24. The van der Waals surface area contributed by atoms with Crippen molar-refractivity contribution >= 4 is 10.0 Å². The quantitative estimate of drug-likeness (QED) is 0.664. The monoisotopic (exact) mass is 237 g/mol. The van der Waals surface area contributed by atoms with Crippen LogP contribution < -0.4 is 4.72 Å². The van der Waals surface area contributed by atoms with Crippen molar-refractivity contribution in [2.45, 2.75) is 46.1 Å². The molecule has 92 valence electrons. The molecule has 0 bridgehead atoms. The van der Waals surface area contributed by atoms with E-state index in [4.69, 9.17) is 0 Å². The molecule has 4 nitrogen and oxygen atoms in total. The molecule has 15 heavy (non-hydrogen) atoms. The summed E-state index contributed by atoms with van der Waals surface area (Å²) in [6.07, 6.45) is 1.41. The molecule has 0 saturated heterocycles. The molecule has 1 atom stereocenters. The summed E-state index contributed by atoms with van der Waals surface area (Å²) < 4.78 is 25.3. The summed E-state index contributed by atoms with van der Waals surface area (Å²) >= 11 is 0. The van der Waals surface area contributed by atoms with Gasteiger partial charge in [-0.1, -0.05) is 20.8 Å². The SMILES string of the molecule is CCC(O)CCNS(=O)(=O)CCC(C)C. The highest BCUT2D eigenvalue weighted by Crippen LogP contribution is 2.02. The second-order valence-electron chi connectivity index (χ2n) is 4.25. The number of aliphatic hydroxyl groups is 1. The Balaban J connectivity index is 3.75. The van der Waals surface area contributed by atoms with Crippen molar-refractivity contribution < 1.29 is 13.5 Å². The van der Waals surface area contributed by atoms with Crippen LogP contribution >= 0.6 is 0 Å². The van der Waals surface area contributed by atoms with E-state index in [1.165, 1.54) is 0 Å². The average Bonchev–Trinajstić information content (AvgIpc) is 2.14. The van der Waals surface area contributed by atoms with Gasteiger partial charge in [0.25, 0.3) is 0 Å². The lowest BCUT2D eigenvalue weighted by atomic mass is 10.2. The molecule has 5 heteroatoms. The Morgan fingerprint density at radius 1 is 1.27 bits per heavy atom. The lowest BCUT2D eigenvalue weighted by molar-refractivity contribution is 0.162. The van der Waals surface area contributed by atoms with Crippen molar-refractivity contribution in [3.8, 4) is 0 Å². The predicted octanol–water partition coefficient (Wildman–Crippen LogP) is 1.11. The number of hydrogen-bond donors (Lipinski definition) is 2. The van der Waals surface area contributed by atoms with E-state index >= 15 is 0 Å². The van der Waals surface area contributed by atoms with Gasteiger partial charge >= 0.3 is 0 Å². The van der Waals surface area contributed by atoms with Crippen molar-refractivity contribution in [1.29, 1.82) is 0 Å². The van der Waals surface area contributed by atoms with Crippen LogP contribution in [0.15, 0.2) is 0 Å². The van der Waals surface area contributed by atoms with Crippen LogP contribution in [0, 0.1) is 5.92 Å². The zero-order chi connectivity index (χ0) is 11.9. The van der Waals surface area contributed by atoms with Crippen LogP contribution in [0.4, 0.5) is 0 Å². The van der Waals surface area contributed by atoms with Crippen molar-refractivity contribution in [3.05, 3.63) is 0 Å². The lowest BCUT2D eigenvalue weighted by Gasteiger charge is -2.10. The van der Waals surface area contributed by atoms with E-state index in [9.17, 15) is 13.5 Å². The minimum absolute atomic E-state index is 0.173. The molecule has 0 spiro atoms. The van der Waals surface area contributed by atoms with Gasteiger partial charge in [0, 0.05) is 6.54 Å². The van der Waals surface area contributed by atoms with E-state index < -0.39 is 16.1 Å². The predicted molar refractivity (Wildman–Crippen MR) is 62.2 cm³/mol. The molecule has 0 heterocycles. The van der Waals surface area contributed by atoms with Crippen molar-refractivity contribution in [2.75, 3.05) is 12.3 Å². The van der Waals surface area contributed by atoms with Crippen LogP contribution in [-0.4, -0.2) is 31.9 Å². The largest absolute Gasteiger partial charge is 0.393 e. The Labute approximate surface area is 93.1 Å². The first kappa shape index (κ1) is 14.9. The minimum atomic E-state index is -3.14. The van der Waals surface area contributed by atoms with Crippen LogP contribution in [0.2, 0.25) is 0 Å². The fourth-order valence-electron chi connectivity index (χ4n) is 1.05. The van der Waals surface area contributed by atoms with Gasteiger partial charge in [-0.2, -0.15) is 0 Å². The fraction of sp³-hybridized carbons (Fsp3) is 1.00. The van der Waals surface area contributed by atoms with Crippen LogP contribution in [0.5, 0.6) is 0 Å². The fourth-order valence-corrected chi connectivity index (χ4v) is 2.40. The number of aliphatic hydroxyl groups excluding tert-OH is 1. The van der Waals surface area contributed by atoms with E-state index in [0.29, 0.717) is 31.7 Å². The minimum Gasteiger partial charge on any atom is -0.393 e. The second kappa shape index (κ2) is 7.19. The van der Waals surface area contributed by atoms with E-state index in [2.05, 4.69) is 4.72 Å². The van der Waals surface area contributed by atoms with Crippen molar-refractivity contribution in [2.24, 2.45) is 5.92 Å². The molecule has 0 amide bonds. The first-order valence-electron chi connectivity index (χ1n) is 5.52. The Morgan fingerprint density at radius 2 is 1.87 bits per heavy atom. The molecule has 0 rings (SSSR count). The molecule has 0 aliphatic rings. The molecule has 2 N–H and O–H groups in total. The Hall–Kier alpha value is -0.130. The first-order valence-corrected chi connectivity index (χ1v) is 7.18. The van der Waals surface area contributed by atoms with E-state index in [1.807, 2.05) is 20.8 Å². The summed E-state index contributed by atoms with van der Waals surface area (Å²) in [6.45, 7) is 6.19. The molecule has 0 aliphatic heterocycles. The zero-order valence-corrected chi connectivity index (χ0v) is 10.7. The Bertz CT molecular complexity index is 249. The van der Waals surface area contributed by atoms with E-state index in [1.54, 1.807) is 0 Å². The van der Waals surface area contributed by atoms with Crippen LogP contribution in [-0.2, 0) is 10.0 Å². The highest BCUT2D eigenvalue weighted by molar-refractivity contribution is 7.89. The van der Waals surface area contributed by atoms with Crippen LogP contribution in [0.3, 0.4) is 0 Å². The van der Waals surface area contributed by atoms with Gasteiger partial charge in [0.15, 0.2) is 0 Å². The van der Waals surface area contributed by atoms with Crippen molar-refractivity contribution in [3.63, 3.8) is 0 Å². The highest BCUT2D eigenvalue weighted by atomic mass is 32.2. The summed E-state index contributed by atoms with van der Waals surface area (Å²) in [4.78, 5) is 0. The maximum absolute atomic E-state index is 11.4. The maximum Gasteiger partial charge on any atom is 0.211 e. The summed E-state index contributed by atoms with van der Waals surface area (Å²) in [7, 11) is -3.14. The third-order valence-electron chi connectivity index (χ3n) is 2.23. The smallest absolute Gasteiger partial charge is 0.211 e. The molecule has 0 saturated carbocycles. The molecule has 0 aromatic carbocycles. The first-order chi connectivity index (χ1) is 6.87. The van der Waals surface area contributed by atoms with Gasteiger partial charge in [-0.3, -0.25) is 0 Å². The third kappa shape index (κ3) is 8.84. The third-order valence-corrected chi connectivity index (χ3v) is 3.65. The summed E-state index contributed by atoms with van der Waals surface area (Å²) in [6, 6.07) is 0. The lowest BCUT2D eigenvalue weighted by Crippen LogP contribution is -2.29. The summed E-state index contributed by atoms with van der Waals surface area (Å²) in [5.74, 6) is 0.565. The van der Waals surface area contributed by atoms with Gasteiger partial charge < -0.3 is 5.11 Å². The summed E-state index contributed by atoms with van der Waals surface area (Å²) in [5.41, 5.74) is 0. The topological polar surface area (TPSA) is 66.4 Å². The highest BCUT2D eigenvalue weighted by Gasteiger charge is 2.11. The van der Waals surface area contributed by atoms with E-state index in [-0.39, 0.29) is 5.75 Å². The number of nitrogens with one attached hydrogen (secondary N) is 1. The molecule has 0 fully saturated rings. The second-order valence-corrected chi connectivity index (χ2v) is 6.17. The maximum atomic E-state index is 11.4. The van der Waals surface area contributed by atoms with Gasteiger partial charge in [-0.15, -0.1) is 0 Å². The zero-order valence-electron chi connectivity index (χ0n) is 9.86. The van der Waals surface area contributed by atoms with E-state index in [0.717, 1.165) is 0 Å². The van der Waals surface area contributed by atoms with Crippen LogP contribution in [0.25, 0.3) is 0 Å².